The Morgan fingerprint density at radius 1 is 0.523 bits per heavy atom. The number of unbranched alkanes of at least 4 members (excludes halogenated alkanes) is 28. The number of nitrogens with one attached hydrogen (secondary N) is 1. The van der Waals surface area contributed by atoms with E-state index in [1.165, 1.54) is 154 Å². The SMILES string of the molecule is CCCCCCC/C=C/CC/C=C/CC/C=C/C(O)C(COC1OC(CO)C(O)C(O)C1O)NC(=O)C(O)CCCCCCCCCCC/C=C\CCCCCCCCCCCCCC. The number of aliphatic hydroxyl groups excluding tert-OH is 6. The van der Waals surface area contributed by atoms with Gasteiger partial charge in [0, 0.05) is 0 Å². The van der Waals surface area contributed by atoms with Crippen molar-refractivity contribution in [1.29, 1.82) is 0 Å². The van der Waals surface area contributed by atoms with Crippen molar-refractivity contribution < 1.29 is 44.9 Å². The second-order valence-electron chi connectivity index (χ2n) is 18.8. The molecule has 0 aromatic carbocycles. The molecule has 0 spiro atoms. The summed E-state index contributed by atoms with van der Waals surface area (Å²) in [5.41, 5.74) is 0. The number of hydrogen-bond donors (Lipinski definition) is 7. The fraction of sp³-hybridized carbons (Fsp3) is 0.836. The minimum absolute atomic E-state index is 0.298. The Hall–Kier alpha value is -1.89. The van der Waals surface area contributed by atoms with Crippen LogP contribution in [0, 0.1) is 0 Å². The fourth-order valence-corrected chi connectivity index (χ4v) is 8.31. The van der Waals surface area contributed by atoms with Crippen LogP contribution >= 0.6 is 0 Å². The number of aliphatic hydroxyl groups is 6. The van der Waals surface area contributed by atoms with Gasteiger partial charge in [0.2, 0.25) is 5.91 Å². The van der Waals surface area contributed by atoms with Gasteiger partial charge in [0.15, 0.2) is 6.29 Å². The first-order valence-electron chi connectivity index (χ1n) is 27.0. The maximum absolute atomic E-state index is 13.1. The van der Waals surface area contributed by atoms with Gasteiger partial charge in [-0.05, 0) is 70.6 Å². The van der Waals surface area contributed by atoms with Crippen LogP contribution in [0.3, 0.4) is 0 Å². The molecule has 10 heteroatoms. The lowest BCUT2D eigenvalue weighted by Crippen LogP contribution is -2.60. The molecular weight excluding hydrogens is 819 g/mol. The fourth-order valence-electron chi connectivity index (χ4n) is 8.31. The van der Waals surface area contributed by atoms with Crippen LogP contribution in [-0.2, 0) is 14.3 Å². The maximum atomic E-state index is 13.1. The molecule has 0 aliphatic carbocycles. The molecule has 1 amide bonds. The summed E-state index contributed by atoms with van der Waals surface area (Å²) in [6.07, 6.45) is 47.8. The molecule has 1 aliphatic heterocycles. The van der Waals surface area contributed by atoms with Gasteiger partial charge in [-0.2, -0.15) is 0 Å². The van der Waals surface area contributed by atoms with E-state index in [9.17, 15) is 35.4 Å². The molecule has 0 radical (unpaired) electrons. The molecule has 1 saturated heterocycles. The van der Waals surface area contributed by atoms with Gasteiger partial charge in [0.1, 0.15) is 30.5 Å². The molecule has 10 nitrogen and oxygen atoms in total. The Balaban J connectivity index is 2.30. The van der Waals surface area contributed by atoms with E-state index in [4.69, 9.17) is 9.47 Å². The van der Waals surface area contributed by atoms with E-state index in [1.54, 1.807) is 6.08 Å². The number of hydrogen-bond acceptors (Lipinski definition) is 9. The Morgan fingerprint density at radius 3 is 1.34 bits per heavy atom. The normalized spacial score (nSPS) is 20.8. The van der Waals surface area contributed by atoms with Crippen LogP contribution in [-0.4, -0.2) is 98.7 Å². The van der Waals surface area contributed by atoms with Crippen LogP contribution in [0.2, 0.25) is 0 Å². The Kier molecular flexibility index (Phi) is 41.9. The van der Waals surface area contributed by atoms with Crippen molar-refractivity contribution in [3.8, 4) is 0 Å². The van der Waals surface area contributed by atoms with Crippen molar-refractivity contribution >= 4 is 5.91 Å². The summed E-state index contributed by atoms with van der Waals surface area (Å²) in [5, 5.41) is 64.8. The molecule has 0 aromatic heterocycles. The Morgan fingerprint density at radius 2 is 0.908 bits per heavy atom. The molecule has 0 bridgehead atoms. The second kappa shape index (κ2) is 44.6. The van der Waals surface area contributed by atoms with E-state index in [1.807, 2.05) is 6.08 Å². The molecule has 8 atom stereocenters. The highest BCUT2D eigenvalue weighted by Gasteiger charge is 2.44. The molecule has 380 valence electrons. The summed E-state index contributed by atoms with van der Waals surface area (Å²) in [6, 6.07) is -1.00. The number of rotatable bonds is 45. The average Bonchev–Trinajstić information content (AvgIpc) is 3.31. The number of ether oxygens (including phenoxy) is 2. The largest absolute Gasteiger partial charge is 0.394 e. The minimum Gasteiger partial charge on any atom is -0.394 e. The Labute approximate surface area is 397 Å². The van der Waals surface area contributed by atoms with Gasteiger partial charge in [0.25, 0.3) is 0 Å². The highest BCUT2D eigenvalue weighted by molar-refractivity contribution is 5.80. The van der Waals surface area contributed by atoms with Crippen LogP contribution in [0.5, 0.6) is 0 Å². The van der Waals surface area contributed by atoms with E-state index >= 15 is 0 Å². The molecule has 1 rings (SSSR count). The lowest BCUT2D eigenvalue weighted by molar-refractivity contribution is -0.302. The van der Waals surface area contributed by atoms with Crippen LogP contribution < -0.4 is 5.32 Å². The van der Waals surface area contributed by atoms with Gasteiger partial charge in [-0.15, -0.1) is 0 Å². The van der Waals surface area contributed by atoms with Crippen molar-refractivity contribution in [1.82, 2.24) is 5.32 Å². The van der Waals surface area contributed by atoms with Gasteiger partial charge < -0.3 is 45.4 Å². The standard InChI is InChI=1S/C55H101NO9/c1-3-5-7-9-11-13-15-17-19-20-21-22-23-24-25-26-27-28-30-32-34-36-38-40-42-44-49(59)54(63)56-47(46-64-55-53(62)52(61)51(60)50(45-57)65-55)48(58)43-41-39-37-35-33-31-29-18-16-14-12-10-8-6-4-2/h16,18,24-25,33,35,41,43,47-53,55,57-62H,3-15,17,19-23,26-32,34,36-40,42,44-46H2,1-2H3,(H,56,63)/b18-16+,25-24-,35-33+,43-41+. The van der Waals surface area contributed by atoms with Crippen molar-refractivity contribution in [3.63, 3.8) is 0 Å². The summed E-state index contributed by atoms with van der Waals surface area (Å²) < 4.78 is 11.1. The Bertz CT molecular complexity index is 1180. The average molecular weight is 920 g/mol. The van der Waals surface area contributed by atoms with Gasteiger partial charge in [-0.1, -0.05) is 210 Å². The lowest BCUT2D eigenvalue weighted by atomic mass is 9.99. The topological polar surface area (TPSA) is 169 Å². The third kappa shape index (κ3) is 34.1. The number of carbonyl (C=O) groups is 1. The number of carbonyl (C=O) groups excluding carboxylic acids is 1. The van der Waals surface area contributed by atoms with Gasteiger partial charge in [0.05, 0.1) is 25.4 Å². The van der Waals surface area contributed by atoms with Crippen LogP contribution in [0.1, 0.15) is 232 Å². The predicted molar refractivity (Wildman–Crippen MR) is 269 cm³/mol. The molecule has 0 aromatic rings. The van der Waals surface area contributed by atoms with E-state index < -0.39 is 61.5 Å². The molecule has 7 N–H and O–H groups in total. The summed E-state index contributed by atoms with van der Waals surface area (Å²) in [5.74, 6) is -0.632. The number of amides is 1. The summed E-state index contributed by atoms with van der Waals surface area (Å²) in [6.45, 7) is 3.58. The quantitative estimate of drug-likeness (QED) is 0.0232. The predicted octanol–water partition coefficient (Wildman–Crippen LogP) is 11.5. The van der Waals surface area contributed by atoms with E-state index in [0.29, 0.717) is 19.3 Å². The number of allylic oxidation sites excluding steroid dienone is 7. The van der Waals surface area contributed by atoms with E-state index in [-0.39, 0.29) is 6.61 Å². The molecule has 65 heavy (non-hydrogen) atoms. The zero-order chi connectivity index (χ0) is 47.4. The highest BCUT2D eigenvalue weighted by Crippen LogP contribution is 2.23. The van der Waals surface area contributed by atoms with Crippen molar-refractivity contribution in [3.05, 3.63) is 48.6 Å². The third-order valence-corrected chi connectivity index (χ3v) is 12.7. The van der Waals surface area contributed by atoms with Gasteiger partial charge >= 0.3 is 0 Å². The lowest BCUT2D eigenvalue weighted by Gasteiger charge is -2.40. The maximum Gasteiger partial charge on any atom is 0.249 e. The zero-order valence-corrected chi connectivity index (χ0v) is 41.6. The minimum atomic E-state index is -1.62. The third-order valence-electron chi connectivity index (χ3n) is 12.7. The van der Waals surface area contributed by atoms with Crippen molar-refractivity contribution in [2.75, 3.05) is 13.2 Å². The summed E-state index contributed by atoms with van der Waals surface area (Å²) >= 11 is 0. The van der Waals surface area contributed by atoms with E-state index in [0.717, 1.165) is 44.9 Å². The summed E-state index contributed by atoms with van der Waals surface area (Å²) in [7, 11) is 0. The molecule has 0 saturated carbocycles. The molecule has 1 aliphatic rings. The van der Waals surface area contributed by atoms with Crippen LogP contribution in [0.15, 0.2) is 48.6 Å². The van der Waals surface area contributed by atoms with Crippen molar-refractivity contribution in [2.24, 2.45) is 0 Å². The second-order valence-corrected chi connectivity index (χ2v) is 18.8. The molecule has 1 fully saturated rings. The first-order valence-corrected chi connectivity index (χ1v) is 27.0. The van der Waals surface area contributed by atoms with Crippen LogP contribution in [0.4, 0.5) is 0 Å². The monoisotopic (exact) mass is 920 g/mol. The molecular formula is C55H101NO9. The van der Waals surface area contributed by atoms with Gasteiger partial charge in [-0.3, -0.25) is 4.79 Å². The zero-order valence-electron chi connectivity index (χ0n) is 41.6. The van der Waals surface area contributed by atoms with Crippen molar-refractivity contribution in [2.45, 2.75) is 281 Å². The first kappa shape index (κ1) is 61.1. The molecule has 1 heterocycles. The van der Waals surface area contributed by atoms with E-state index in [2.05, 4.69) is 55.6 Å². The molecule has 8 unspecified atom stereocenters. The summed E-state index contributed by atoms with van der Waals surface area (Å²) in [4.78, 5) is 13.1. The smallest absolute Gasteiger partial charge is 0.249 e. The van der Waals surface area contributed by atoms with Crippen LogP contribution in [0.25, 0.3) is 0 Å². The highest BCUT2D eigenvalue weighted by atomic mass is 16.7. The first-order chi connectivity index (χ1) is 31.8. The van der Waals surface area contributed by atoms with Gasteiger partial charge in [-0.25, -0.2) is 0 Å².